The van der Waals surface area contributed by atoms with Crippen LogP contribution in [0, 0.1) is 5.92 Å². The minimum atomic E-state index is -3.44. The molecule has 0 aromatic heterocycles. The van der Waals surface area contributed by atoms with E-state index in [-0.39, 0.29) is 16.8 Å². The van der Waals surface area contributed by atoms with Crippen LogP contribution in [-0.4, -0.2) is 37.8 Å². The molecule has 1 N–H and O–H groups in total. The normalized spacial score (nSPS) is 21.2. The van der Waals surface area contributed by atoms with Gasteiger partial charge in [0.15, 0.2) is 0 Å². The van der Waals surface area contributed by atoms with Crippen LogP contribution >= 0.6 is 0 Å². The number of amides is 1. The molecule has 0 spiro atoms. The van der Waals surface area contributed by atoms with E-state index in [2.05, 4.69) is 12.2 Å². The third-order valence-corrected chi connectivity index (χ3v) is 7.15. The lowest BCUT2D eigenvalue weighted by atomic mass is 9.86. The number of nitrogens with one attached hydrogen (secondary N) is 1. The number of benzene rings is 1. The maximum atomic E-state index is 12.5. The Hall–Kier alpha value is -1.66. The monoisotopic (exact) mass is 378 g/mol. The van der Waals surface area contributed by atoms with Crippen molar-refractivity contribution in [1.82, 2.24) is 9.62 Å². The van der Waals surface area contributed by atoms with Crippen LogP contribution in [0.25, 0.3) is 6.08 Å². The molecule has 6 heteroatoms. The molecule has 5 nitrogen and oxygen atoms in total. The molecule has 2 rings (SSSR count). The summed E-state index contributed by atoms with van der Waals surface area (Å²) in [5.74, 6) is 0.425. The topological polar surface area (TPSA) is 66.5 Å². The van der Waals surface area contributed by atoms with Crippen LogP contribution in [0.4, 0.5) is 0 Å². The van der Waals surface area contributed by atoms with E-state index in [1.165, 1.54) is 23.2 Å². The van der Waals surface area contributed by atoms with Crippen molar-refractivity contribution in [2.75, 3.05) is 13.1 Å². The quantitative estimate of drug-likeness (QED) is 0.739. The van der Waals surface area contributed by atoms with Crippen LogP contribution in [0.2, 0.25) is 0 Å². The average molecular weight is 379 g/mol. The Morgan fingerprint density at radius 3 is 2.35 bits per heavy atom. The van der Waals surface area contributed by atoms with Gasteiger partial charge in [0, 0.05) is 25.2 Å². The molecule has 0 unspecified atom stereocenters. The van der Waals surface area contributed by atoms with E-state index >= 15 is 0 Å². The van der Waals surface area contributed by atoms with Gasteiger partial charge in [0.05, 0.1) is 4.90 Å². The molecule has 26 heavy (non-hydrogen) atoms. The van der Waals surface area contributed by atoms with Gasteiger partial charge in [-0.1, -0.05) is 45.7 Å². The molecule has 1 amide bonds. The van der Waals surface area contributed by atoms with Crippen LogP contribution in [0.15, 0.2) is 35.2 Å². The molecule has 1 aliphatic rings. The summed E-state index contributed by atoms with van der Waals surface area (Å²) in [4.78, 5) is 12.4. The predicted octanol–water partition coefficient (Wildman–Crippen LogP) is 3.43. The van der Waals surface area contributed by atoms with E-state index in [4.69, 9.17) is 0 Å². The highest BCUT2D eigenvalue weighted by molar-refractivity contribution is 7.89. The van der Waals surface area contributed by atoms with Crippen molar-refractivity contribution in [3.05, 3.63) is 35.9 Å². The van der Waals surface area contributed by atoms with E-state index < -0.39 is 10.0 Å². The van der Waals surface area contributed by atoms with Crippen LogP contribution in [0.5, 0.6) is 0 Å². The lowest BCUT2D eigenvalue weighted by molar-refractivity contribution is -0.117. The van der Waals surface area contributed by atoms with Crippen molar-refractivity contribution in [1.29, 1.82) is 0 Å². The van der Waals surface area contributed by atoms with Crippen molar-refractivity contribution in [3.8, 4) is 0 Å². The summed E-state index contributed by atoms with van der Waals surface area (Å²) in [7, 11) is -3.44. The number of hydrogen-bond acceptors (Lipinski definition) is 3. The van der Waals surface area contributed by atoms with Crippen molar-refractivity contribution in [2.45, 2.75) is 57.4 Å². The highest BCUT2D eigenvalue weighted by atomic mass is 32.2. The van der Waals surface area contributed by atoms with Crippen molar-refractivity contribution in [2.24, 2.45) is 5.92 Å². The summed E-state index contributed by atoms with van der Waals surface area (Å²) >= 11 is 0. The standard InChI is InChI=1S/C20H30N2O3S/c1-4-22(5-2)26(24,25)18-13-10-17(11-14-18)12-15-20(23)21-19-9-7-6-8-16(19)3/h10-16,19H,4-9H2,1-3H3,(H,21,23)/b15-12+/t16-,19+/m0/s1. The lowest BCUT2D eigenvalue weighted by Gasteiger charge is -2.29. The zero-order valence-corrected chi connectivity index (χ0v) is 16.8. The van der Waals surface area contributed by atoms with E-state index in [9.17, 15) is 13.2 Å². The number of carbonyl (C=O) groups is 1. The zero-order valence-electron chi connectivity index (χ0n) is 15.9. The van der Waals surface area contributed by atoms with Crippen molar-refractivity contribution < 1.29 is 13.2 Å². The molecule has 0 radical (unpaired) electrons. The molecule has 0 aliphatic heterocycles. The Balaban J connectivity index is 2.00. The Labute approximate surface area is 157 Å². The minimum absolute atomic E-state index is 0.0939. The number of hydrogen-bond donors (Lipinski definition) is 1. The zero-order chi connectivity index (χ0) is 19.2. The fourth-order valence-corrected chi connectivity index (χ4v) is 4.85. The van der Waals surface area contributed by atoms with Gasteiger partial charge in [-0.15, -0.1) is 0 Å². The fourth-order valence-electron chi connectivity index (χ4n) is 3.40. The Bertz CT molecular complexity index is 722. The molecule has 1 saturated carbocycles. The van der Waals surface area contributed by atoms with Gasteiger partial charge >= 0.3 is 0 Å². The van der Waals surface area contributed by atoms with Crippen LogP contribution in [-0.2, 0) is 14.8 Å². The summed E-state index contributed by atoms with van der Waals surface area (Å²) in [6.07, 6.45) is 7.86. The van der Waals surface area contributed by atoms with Crippen LogP contribution in [0.3, 0.4) is 0 Å². The Morgan fingerprint density at radius 1 is 1.15 bits per heavy atom. The van der Waals surface area contributed by atoms with Crippen LogP contribution < -0.4 is 5.32 Å². The number of carbonyl (C=O) groups excluding carboxylic acids is 1. The second-order valence-electron chi connectivity index (χ2n) is 6.87. The molecule has 1 aromatic rings. The highest BCUT2D eigenvalue weighted by Crippen LogP contribution is 2.23. The van der Waals surface area contributed by atoms with Gasteiger partial charge in [0.2, 0.25) is 15.9 Å². The molecular formula is C20H30N2O3S. The number of nitrogens with zero attached hydrogens (tertiary/aromatic N) is 1. The van der Waals surface area contributed by atoms with Gasteiger partial charge in [0.1, 0.15) is 0 Å². The Morgan fingerprint density at radius 2 is 1.77 bits per heavy atom. The number of sulfonamides is 1. The lowest BCUT2D eigenvalue weighted by Crippen LogP contribution is -2.40. The van der Waals surface area contributed by atoms with E-state index in [1.807, 2.05) is 13.8 Å². The number of rotatable bonds is 7. The molecule has 1 aromatic carbocycles. The molecule has 0 saturated heterocycles. The highest BCUT2D eigenvalue weighted by Gasteiger charge is 2.22. The summed E-state index contributed by atoms with van der Waals surface area (Å²) in [6.45, 7) is 6.72. The summed E-state index contributed by atoms with van der Waals surface area (Å²) in [5, 5.41) is 3.08. The molecule has 144 valence electrons. The molecule has 0 bridgehead atoms. The van der Waals surface area contributed by atoms with Crippen molar-refractivity contribution >= 4 is 22.0 Å². The maximum absolute atomic E-state index is 12.5. The molecule has 1 aliphatic carbocycles. The van der Waals surface area contributed by atoms with Gasteiger partial charge in [-0.3, -0.25) is 4.79 Å². The SMILES string of the molecule is CCN(CC)S(=O)(=O)c1ccc(/C=C/C(=O)N[C@@H]2CCCC[C@@H]2C)cc1. The fraction of sp³-hybridized carbons (Fsp3) is 0.550. The molecule has 2 atom stereocenters. The Kier molecular flexibility index (Phi) is 7.41. The largest absolute Gasteiger partial charge is 0.350 e. The first-order chi connectivity index (χ1) is 12.4. The van der Waals surface area contributed by atoms with Gasteiger partial charge < -0.3 is 5.32 Å². The van der Waals surface area contributed by atoms with Crippen LogP contribution in [0.1, 0.15) is 52.0 Å². The summed E-state index contributed by atoms with van der Waals surface area (Å²) in [5.41, 5.74) is 0.801. The third-order valence-electron chi connectivity index (χ3n) is 5.09. The van der Waals surface area contributed by atoms with E-state index in [0.29, 0.717) is 19.0 Å². The van der Waals surface area contributed by atoms with Gasteiger partial charge in [0.25, 0.3) is 0 Å². The second-order valence-corrected chi connectivity index (χ2v) is 8.81. The molecule has 0 heterocycles. The third kappa shape index (κ3) is 5.17. The average Bonchev–Trinajstić information content (AvgIpc) is 2.63. The van der Waals surface area contributed by atoms with Gasteiger partial charge in [-0.05, 0) is 42.5 Å². The van der Waals surface area contributed by atoms with Gasteiger partial charge in [-0.25, -0.2) is 8.42 Å². The summed E-state index contributed by atoms with van der Waals surface area (Å²) < 4.78 is 26.4. The van der Waals surface area contributed by atoms with Gasteiger partial charge in [-0.2, -0.15) is 4.31 Å². The summed E-state index contributed by atoms with van der Waals surface area (Å²) in [6, 6.07) is 6.89. The van der Waals surface area contributed by atoms with E-state index in [0.717, 1.165) is 18.4 Å². The minimum Gasteiger partial charge on any atom is -0.350 e. The smallest absolute Gasteiger partial charge is 0.244 e. The molecule has 1 fully saturated rings. The first kappa shape index (κ1) is 20.6. The maximum Gasteiger partial charge on any atom is 0.244 e. The molecular weight excluding hydrogens is 348 g/mol. The second kappa shape index (κ2) is 9.33. The first-order valence-electron chi connectivity index (χ1n) is 9.47. The van der Waals surface area contributed by atoms with Crippen molar-refractivity contribution in [3.63, 3.8) is 0 Å². The first-order valence-corrected chi connectivity index (χ1v) is 10.9. The van der Waals surface area contributed by atoms with E-state index in [1.54, 1.807) is 30.3 Å². The predicted molar refractivity (Wildman–Crippen MR) is 105 cm³/mol.